The molecule has 3 N–H and O–H groups in total. The molecule has 2 heterocycles. The average molecular weight is 312 g/mol. The normalized spacial score (nSPS) is 14.7. The second kappa shape index (κ2) is 5.73. The summed E-state index contributed by atoms with van der Waals surface area (Å²) < 4.78 is 5.20. The third-order valence-electron chi connectivity index (χ3n) is 3.83. The predicted molar refractivity (Wildman–Crippen MR) is 86.1 cm³/mol. The molecule has 6 nitrogen and oxygen atoms in total. The van der Waals surface area contributed by atoms with Gasteiger partial charge in [0.25, 0.3) is 5.91 Å². The van der Waals surface area contributed by atoms with E-state index >= 15 is 0 Å². The Bertz CT molecular complexity index is 828. The van der Waals surface area contributed by atoms with E-state index in [4.69, 9.17) is 4.74 Å². The Kier molecular flexibility index (Phi) is 3.75. The van der Waals surface area contributed by atoms with Crippen LogP contribution in [-0.4, -0.2) is 28.2 Å². The van der Waals surface area contributed by atoms with Gasteiger partial charge in [0.05, 0.1) is 19.4 Å². The molecular weight excluding hydrogens is 296 g/mol. The molecule has 118 valence electrons. The lowest BCUT2D eigenvalue weighted by atomic mass is 10.0. The number of carbonyl (C=O) groups is 1. The molecular formula is C17H16N2O4. The van der Waals surface area contributed by atoms with E-state index in [1.54, 1.807) is 38.3 Å². The van der Waals surface area contributed by atoms with E-state index < -0.39 is 0 Å². The fourth-order valence-electron chi connectivity index (χ4n) is 2.52. The van der Waals surface area contributed by atoms with E-state index in [0.29, 0.717) is 39.4 Å². The minimum absolute atomic E-state index is 0.0480. The van der Waals surface area contributed by atoms with Gasteiger partial charge in [-0.05, 0) is 31.2 Å². The number of anilines is 1. The van der Waals surface area contributed by atoms with Crippen molar-refractivity contribution in [2.75, 3.05) is 12.4 Å². The van der Waals surface area contributed by atoms with E-state index in [0.717, 1.165) is 0 Å². The number of aliphatic hydroxyl groups is 1. The molecule has 23 heavy (non-hydrogen) atoms. The zero-order valence-corrected chi connectivity index (χ0v) is 12.8. The highest BCUT2D eigenvalue weighted by Gasteiger charge is 2.25. The van der Waals surface area contributed by atoms with Crippen LogP contribution in [0.15, 0.2) is 24.4 Å². The number of pyridine rings is 1. The second-order valence-corrected chi connectivity index (χ2v) is 5.21. The van der Waals surface area contributed by atoms with Gasteiger partial charge in [-0.15, -0.1) is 0 Å². The lowest BCUT2D eigenvalue weighted by Crippen LogP contribution is -2.04. The molecule has 1 aromatic heterocycles. The van der Waals surface area contributed by atoms with Crippen LogP contribution in [0.1, 0.15) is 22.4 Å². The van der Waals surface area contributed by atoms with Crippen molar-refractivity contribution in [3.63, 3.8) is 0 Å². The first kappa shape index (κ1) is 15.1. The van der Waals surface area contributed by atoms with Gasteiger partial charge in [-0.25, -0.2) is 0 Å². The number of aromatic hydroxyl groups is 1. The second-order valence-electron chi connectivity index (χ2n) is 5.21. The minimum atomic E-state index is -0.285. The summed E-state index contributed by atoms with van der Waals surface area (Å²) in [7, 11) is 1.55. The smallest absolute Gasteiger partial charge is 0.256 e. The van der Waals surface area contributed by atoms with Crippen molar-refractivity contribution >= 4 is 23.2 Å². The van der Waals surface area contributed by atoms with E-state index in [1.807, 2.05) is 0 Å². The van der Waals surface area contributed by atoms with E-state index in [-0.39, 0.29) is 18.3 Å². The van der Waals surface area contributed by atoms with Crippen molar-refractivity contribution in [1.29, 1.82) is 0 Å². The molecule has 1 aromatic carbocycles. The number of aromatic nitrogens is 1. The van der Waals surface area contributed by atoms with Crippen molar-refractivity contribution in [3.05, 3.63) is 46.8 Å². The van der Waals surface area contributed by atoms with Crippen molar-refractivity contribution < 1.29 is 19.7 Å². The van der Waals surface area contributed by atoms with E-state index in [9.17, 15) is 15.0 Å². The zero-order chi connectivity index (χ0) is 16.6. The fourth-order valence-corrected chi connectivity index (χ4v) is 2.52. The number of aryl methyl sites for hydroxylation is 1. The highest BCUT2D eigenvalue weighted by Crippen LogP contribution is 2.37. The molecule has 1 aliphatic heterocycles. The molecule has 0 bridgehead atoms. The lowest BCUT2D eigenvalue weighted by molar-refractivity contribution is -0.110. The largest absolute Gasteiger partial charge is 0.505 e. The molecule has 0 saturated heterocycles. The van der Waals surface area contributed by atoms with Gasteiger partial charge in [0, 0.05) is 34.1 Å². The van der Waals surface area contributed by atoms with E-state index in [2.05, 4.69) is 10.3 Å². The molecule has 0 aliphatic carbocycles. The number of nitrogens with zero attached hydrogens (tertiary/aromatic N) is 1. The van der Waals surface area contributed by atoms with Crippen LogP contribution < -0.4 is 10.1 Å². The van der Waals surface area contributed by atoms with Gasteiger partial charge in [-0.1, -0.05) is 0 Å². The average Bonchev–Trinajstić information content (AvgIpc) is 2.87. The summed E-state index contributed by atoms with van der Waals surface area (Å²) in [5.41, 5.74) is 3.03. The summed E-state index contributed by atoms with van der Waals surface area (Å²) in [6, 6.07) is 5.27. The van der Waals surface area contributed by atoms with Gasteiger partial charge >= 0.3 is 0 Å². The summed E-state index contributed by atoms with van der Waals surface area (Å²) in [6.07, 6.45) is 3.05. The molecule has 0 atom stereocenters. The topological polar surface area (TPSA) is 91.7 Å². The molecule has 0 fully saturated rings. The highest BCUT2D eigenvalue weighted by atomic mass is 16.5. The number of nitrogens with one attached hydrogen (secondary N) is 1. The van der Waals surface area contributed by atoms with Gasteiger partial charge in [-0.3, -0.25) is 9.78 Å². The number of rotatable bonds is 3. The number of hydrogen-bond donors (Lipinski definition) is 3. The summed E-state index contributed by atoms with van der Waals surface area (Å²) in [6.45, 7) is 1.37. The Morgan fingerprint density at radius 3 is 2.87 bits per heavy atom. The Balaban J connectivity index is 2.19. The molecule has 6 heteroatoms. The first-order valence-electron chi connectivity index (χ1n) is 7.05. The van der Waals surface area contributed by atoms with Crippen LogP contribution in [0.3, 0.4) is 0 Å². The molecule has 1 amide bonds. The van der Waals surface area contributed by atoms with Crippen LogP contribution in [0.25, 0.3) is 11.6 Å². The van der Waals surface area contributed by atoms with Crippen LogP contribution >= 0.6 is 0 Å². The maximum atomic E-state index is 12.3. The Morgan fingerprint density at radius 2 is 2.17 bits per heavy atom. The maximum absolute atomic E-state index is 12.3. The number of aliphatic hydroxyl groups excluding tert-OH is 1. The van der Waals surface area contributed by atoms with Crippen LogP contribution in [0.2, 0.25) is 0 Å². The van der Waals surface area contributed by atoms with Crippen LogP contribution in [0, 0.1) is 6.92 Å². The molecule has 0 spiro atoms. The van der Waals surface area contributed by atoms with Crippen molar-refractivity contribution in [2.24, 2.45) is 0 Å². The zero-order valence-electron chi connectivity index (χ0n) is 12.8. The SMILES string of the molecule is COc1ccc2c(c1)/C(=C/c1c(CO)cnc(C)c1O)C(=O)N2. The van der Waals surface area contributed by atoms with Gasteiger partial charge in [-0.2, -0.15) is 0 Å². The quantitative estimate of drug-likeness (QED) is 0.755. The molecule has 0 radical (unpaired) electrons. The Hall–Kier alpha value is -2.86. The third kappa shape index (κ3) is 2.53. The van der Waals surface area contributed by atoms with Crippen molar-refractivity contribution in [3.8, 4) is 11.5 Å². The van der Waals surface area contributed by atoms with Crippen molar-refractivity contribution in [1.82, 2.24) is 4.98 Å². The number of amides is 1. The number of fused-ring (bicyclic) bond motifs is 1. The summed E-state index contributed by atoms with van der Waals surface area (Å²) in [4.78, 5) is 16.3. The predicted octanol–water partition coefficient (Wildman–Crippen LogP) is 2.09. The Morgan fingerprint density at radius 1 is 1.39 bits per heavy atom. The first-order chi connectivity index (χ1) is 11.0. The molecule has 2 aromatic rings. The molecule has 0 saturated carbocycles. The maximum Gasteiger partial charge on any atom is 0.256 e. The van der Waals surface area contributed by atoms with Crippen molar-refractivity contribution in [2.45, 2.75) is 13.5 Å². The fraction of sp³-hybridized carbons (Fsp3) is 0.176. The van der Waals surface area contributed by atoms with Crippen LogP contribution in [-0.2, 0) is 11.4 Å². The Labute approximate surface area is 133 Å². The standard InChI is InChI=1S/C17H16N2O4/c1-9-16(21)12(10(8-20)7-18-9)6-14-13-5-11(23-2)3-4-15(13)19-17(14)22/h3-7,20-21H,8H2,1-2H3,(H,19,22)/b14-6-. The van der Waals surface area contributed by atoms with Crippen LogP contribution in [0.4, 0.5) is 5.69 Å². The van der Waals surface area contributed by atoms with Gasteiger partial charge in [0.2, 0.25) is 0 Å². The lowest BCUT2D eigenvalue weighted by Gasteiger charge is -2.09. The van der Waals surface area contributed by atoms with Gasteiger partial charge < -0.3 is 20.3 Å². The summed E-state index contributed by atoms with van der Waals surface area (Å²) >= 11 is 0. The highest BCUT2D eigenvalue weighted by molar-refractivity contribution is 6.35. The summed E-state index contributed by atoms with van der Waals surface area (Å²) in [5.74, 6) is 0.308. The number of benzene rings is 1. The summed E-state index contributed by atoms with van der Waals surface area (Å²) in [5, 5.41) is 22.4. The number of methoxy groups -OCH3 is 1. The van der Waals surface area contributed by atoms with Gasteiger partial charge in [0.15, 0.2) is 0 Å². The molecule has 1 aliphatic rings. The number of carbonyl (C=O) groups excluding carboxylic acids is 1. The molecule has 3 rings (SSSR count). The number of ether oxygens (including phenoxy) is 1. The monoisotopic (exact) mass is 312 g/mol. The minimum Gasteiger partial charge on any atom is -0.505 e. The third-order valence-corrected chi connectivity index (χ3v) is 3.83. The first-order valence-corrected chi connectivity index (χ1v) is 7.05. The van der Waals surface area contributed by atoms with E-state index in [1.165, 1.54) is 6.20 Å². The number of hydrogen-bond acceptors (Lipinski definition) is 5. The van der Waals surface area contributed by atoms with Gasteiger partial charge in [0.1, 0.15) is 11.5 Å². The van der Waals surface area contributed by atoms with Crippen LogP contribution in [0.5, 0.6) is 11.5 Å². The molecule has 0 unspecified atom stereocenters.